The van der Waals surface area contributed by atoms with E-state index in [4.69, 9.17) is 11.0 Å². The van der Waals surface area contributed by atoms with Gasteiger partial charge in [-0.15, -0.1) is 0 Å². The molecule has 0 aromatic carbocycles. The highest BCUT2D eigenvalue weighted by Gasteiger charge is 2.14. The van der Waals surface area contributed by atoms with Crippen molar-refractivity contribution in [3.8, 4) is 6.07 Å². The zero-order valence-corrected chi connectivity index (χ0v) is 8.93. The lowest BCUT2D eigenvalue weighted by molar-refractivity contribution is 0.615. The van der Waals surface area contributed by atoms with Gasteiger partial charge in [-0.3, -0.25) is 0 Å². The van der Waals surface area contributed by atoms with Crippen LogP contribution in [0.15, 0.2) is 30.5 Å². The van der Waals surface area contributed by atoms with Crippen molar-refractivity contribution in [2.24, 2.45) is 11.7 Å². The third kappa shape index (κ3) is 2.59. The Bertz CT molecular complexity index is 416. The first-order chi connectivity index (χ1) is 7.78. The molecule has 4 heteroatoms. The van der Waals surface area contributed by atoms with E-state index in [1.807, 2.05) is 18.2 Å². The lowest BCUT2D eigenvalue weighted by atomic mass is 10.1. The number of nitrogens with one attached hydrogen (secondary N) is 1. The van der Waals surface area contributed by atoms with Crippen molar-refractivity contribution >= 4 is 5.82 Å². The highest BCUT2D eigenvalue weighted by Crippen LogP contribution is 2.16. The molecule has 3 N–H and O–H groups in total. The van der Waals surface area contributed by atoms with E-state index in [0.29, 0.717) is 11.5 Å². The maximum Gasteiger partial charge on any atom is 0.125 e. The molecule has 1 aromatic rings. The largest absolute Gasteiger partial charge is 0.369 e. The standard InChI is InChI=1S/C12H14N4/c13-6-10-2-4-12(16-8-10)15-7-9-1-3-11(14)5-9/h1-4,8-9,11H,5,7,14H2,(H,15,16)/t9-,11+/m1/s1. The number of pyridine rings is 1. The molecule has 0 fully saturated rings. The van der Waals surface area contributed by atoms with E-state index in [9.17, 15) is 0 Å². The van der Waals surface area contributed by atoms with Crippen LogP contribution in [0.2, 0.25) is 0 Å². The molecule has 0 saturated heterocycles. The first kappa shape index (κ1) is 10.7. The summed E-state index contributed by atoms with van der Waals surface area (Å²) in [6.07, 6.45) is 6.74. The van der Waals surface area contributed by atoms with E-state index in [1.165, 1.54) is 0 Å². The fourth-order valence-electron chi connectivity index (χ4n) is 1.76. The van der Waals surface area contributed by atoms with E-state index in [2.05, 4.69) is 16.4 Å². The Morgan fingerprint density at radius 3 is 2.94 bits per heavy atom. The van der Waals surface area contributed by atoms with Crippen molar-refractivity contribution in [1.82, 2.24) is 4.98 Å². The van der Waals surface area contributed by atoms with Crippen molar-refractivity contribution < 1.29 is 0 Å². The second-order valence-corrected chi connectivity index (χ2v) is 3.97. The highest BCUT2D eigenvalue weighted by molar-refractivity contribution is 5.39. The van der Waals surface area contributed by atoms with Gasteiger partial charge in [-0.2, -0.15) is 5.26 Å². The van der Waals surface area contributed by atoms with E-state index >= 15 is 0 Å². The van der Waals surface area contributed by atoms with Gasteiger partial charge in [-0.05, 0) is 24.5 Å². The van der Waals surface area contributed by atoms with Gasteiger partial charge in [0, 0.05) is 18.8 Å². The van der Waals surface area contributed by atoms with E-state index in [1.54, 1.807) is 12.3 Å². The van der Waals surface area contributed by atoms with Crippen LogP contribution < -0.4 is 11.1 Å². The van der Waals surface area contributed by atoms with Gasteiger partial charge in [0.15, 0.2) is 0 Å². The van der Waals surface area contributed by atoms with Crippen LogP contribution in [-0.2, 0) is 0 Å². The maximum absolute atomic E-state index is 8.63. The molecule has 16 heavy (non-hydrogen) atoms. The minimum absolute atomic E-state index is 0.195. The van der Waals surface area contributed by atoms with Crippen LogP contribution >= 0.6 is 0 Å². The van der Waals surface area contributed by atoms with Crippen LogP contribution in [0, 0.1) is 17.2 Å². The maximum atomic E-state index is 8.63. The molecule has 2 rings (SSSR count). The summed E-state index contributed by atoms with van der Waals surface area (Å²) in [5.41, 5.74) is 6.34. The number of hydrogen-bond donors (Lipinski definition) is 2. The van der Waals surface area contributed by atoms with Crippen LogP contribution in [0.1, 0.15) is 12.0 Å². The van der Waals surface area contributed by atoms with Crippen LogP contribution in [0.25, 0.3) is 0 Å². The first-order valence-electron chi connectivity index (χ1n) is 5.32. The van der Waals surface area contributed by atoms with Gasteiger partial charge in [0.05, 0.1) is 5.56 Å². The molecule has 1 aliphatic rings. The monoisotopic (exact) mass is 214 g/mol. The van der Waals surface area contributed by atoms with Crippen LogP contribution in [0.4, 0.5) is 5.82 Å². The molecular formula is C12H14N4. The van der Waals surface area contributed by atoms with Crippen molar-refractivity contribution in [3.63, 3.8) is 0 Å². The molecule has 0 saturated carbocycles. The number of rotatable bonds is 3. The molecule has 4 nitrogen and oxygen atoms in total. The second kappa shape index (κ2) is 4.77. The molecule has 1 heterocycles. The molecule has 82 valence electrons. The predicted octanol–water partition coefficient (Wildman–Crippen LogP) is 1.27. The predicted molar refractivity (Wildman–Crippen MR) is 62.7 cm³/mol. The fraction of sp³-hybridized carbons (Fsp3) is 0.333. The number of nitriles is 1. The lowest BCUT2D eigenvalue weighted by Gasteiger charge is -2.10. The number of nitrogens with zero attached hydrogens (tertiary/aromatic N) is 2. The molecule has 0 aliphatic heterocycles. The summed E-state index contributed by atoms with van der Waals surface area (Å²) < 4.78 is 0. The summed E-state index contributed by atoms with van der Waals surface area (Å²) in [7, 11) is 0. The molecule has 0 bridgehead atoms. The molecule has 0 unspecified atom stereocenters. The summed E-state index contributed by atoms with van der Waals surface area (Å²) in [5, 5.41) is 11.9. The van der Waals surface area contributed by atoms with E-state index in [0.717, 1.165) is 18.8 Å². The van der Waals surface area contributed by atoms with Crippen molar-refractivity contribution in [1.29, 1.82) is 5.26 Å². The van der Waals surface area contributed by atoms with Gasteiger partial charge in [-0.25, -0.2) is 4.98 Å². The van der Waals surface area contributed by atoms with E-state index in [-0.39, 0.29) is 6.04 Å². The van der Waals surface area contributed by atoms with Crippen molar-refractivity contribution in [2.45, 2.75) is 12.5 Å². The van der Waals surface area contributed by atoms with Crippen LogP contribution in [0.5, 0.6) is 0 Å². The molecular weight excluding hydrogens is 200 g/mol. The Hall–Kier alpha value is -1.86. The summed E-state index contributed by atoms with van der Waals surface area (Å²) in [6, 6.07) is 5.81. The van der Waals surface area contributed by atoms with Gasteiger partial charge < -0.3 is 11.1 Å². The SMILES string of the molecule is N#Cc1ccc(NC[C@@H]2C=C[C@H](N)C2)nc1. The normalized spacial score (nSPS) is 23.0. The molecule has 1 aliphatic carbocycles. The molecule has 2 atom stereocenters. The lowest BCUT2D eigenvalue weighted by Crippen LogP contribution is -2.18. The van der Waals surface area contributed by atoms with Gasteiger partial charge in [0.1, 0.15) is 11.9 Å². The average molecular weight is 214 g/mol. The quantitative estimate of drug-likeness (QED) is 0.743. The Kier molecular flexibility index (Phi) is 3.18. The average Bonchev–Trinajstić information content (AvgIpc) is 2.73. The summed E-state index contributed by atoms with van der Waals surface area (Å²) in [5.74, 6) is 1.28. The summed E-state index contributed by atoms with van der Waals surface area (Å²) in [4.78, 5) is 4.14. The molecule has 0 amide bonds. The molecule has 1 aromatic heterocycles. The van der Waals surface area contributed by atoms with Crippen molar-refractivity contribution in [2.75, 3.05) is 11.9 Å². The summed E-state index contributed by atoms with van der Waals surface area (Å²) in [6.45, 7) is 0.836. The van der Waals surface area contributed by atoms with Crippen LogP contribution in [-0.4, -0.2) is 17.6 Å². The third-order valence-corrected chi connectivity index (χ3v) is 2.64. The van der Waals surface area contributed by atoms with Crippen LogP contribution in [0.3, 0.4) is 0 Å². The number of aromatic nitrogens is 1. The van der Waals surface area contributed by atoms with Gasteiger partial charge >= 0.3 is 0 Å². The van der Waals surface area contributed by atoms with Gasteiger partial charge in [-0.1, -0.05) is 12.2 Å². The minimum atomic E-state index is 0.195. The van der Waals surface area contributed by atoms with E-state index < -0.39 is 0 Å². The number of nitrogens with two attached hydrogens (primary N) is 1. The zero-order valence-electron chi connectivity index (χ0n) is 8.93. The first-order valence-corrected chi connectivity index (χ1v) is 5.32. The third-order valence-electron chi connectivity index (χ3n) is 2.64. The molecule has 0 spiro atoms. The minimum Gasteiger partial charge on any atom is -0.369 e. The van der Waals surface area contributed by atoms with Gasteiger partial charge in [0.25, 0.3) is 0 Å². The topological polar surface area (TPSA) is 74.7 Å². The highest BCUT2D eigenvalue weighted by atomic mass is 15.0. The number of anilines is 1. The second-order valence-electron chi connectivity index (χ2n) is 3.97. The zero-order chi connectivity index (χ0) is 11.4. The smallest absolute Gasteiger partial charge is 0.125 e. The van der Waals surface area contributed by atoms with Gasteiger partial charge in [0.2, 0.25) is 0 Å². The fourth-order valence-corrected chi connectivity index (χ4v) is 1.76. The Labute approximate surface area is 94.8 Å². The number of hydrogen-bond acceptors (Lipinski definition) is 4. The Balaban J connectivity index is 1.86. The Morgan fingerprint density at radius 2 is 2.38 bits per heavy atom. The summed E-state index contributed by atoms with van der Waals surface area (Å²) >= 11 is 0. The Morgan fingerprint density at radius 1 is 1.50 bits per heavy atom. The molecule has 0 radical (unpaired) electrons. The van der Waals surface area contributed by atoms with Crippen molar-refractivity contribution in [3.05, 3.63) is 36.0 Å².